The number of fused-ring (bicyclic) bond motifs is 1. The predicted molar refractivity (Wildman–Crippen MR) is 163 cm³/mol. The predicted octanol–water partition coefficient (Wildman–Crippen LogP) is 5.79. The van der Waals surface area contributed by atoms with Crippen LogP contribution in [0.5, 0.6) is 0 Å². The first-order valence-corrected chi connectivity index (χ1v) is 15.6. The molecule has 0 aliphatic carbocycles. The lowest BCUT2D eigenvalue weighted by Crippen LogP contribution is -2.60. The van der Waals surface area contributed by atoms with E-state index in [0.29, 0.717) is 41.0 Å². The zero-order chi connectivity index (χ0) is 30.6. The third-order valence-corrected chi connectivity index (χ3v) is 9.35. The summed E-state index contributed by atoms with van der Waals surface area (Å²) in [5.74, 6) is -1.56. The van der Waals surface area contributed by atoms with Gasteiger partial charge in [0.15, 0.2) is 0 Å². The van der Waals surface area contributed by atoms with Crippen LogP contribution in [0.2, 0.25) is 10.0 Å². The van der Waals surface area contributed by atoms with E-state index in [0.717, 1.165) is 24.8 Å². The minimum Gasteiger partial charge on any atom is -0.468 e. The summed E-state index contributed by atoms with van der Waals surface area (Å²) >= 11 is 12.7. The van der Waals surface area contributed by atoms with E-state index in [1.807, 2.05) is 42.2 Å². The Morgan fingerprint density at radius 3 is 2.51 bits per heavy atom. The maximum atomic E-state index is 14.3. The van der Waals surface area contributed by atoms with Crippen molar-refractivity contribution in [2.24, 2.45) is 11.3 Å². The van der Waals surface area contributed by atoms with Gasteiger partial charge in [-0.15, -0.1) is 0 Å². The van der Waals surface area contributed by atoms with Gasteiger partial charge in [0.25, 0.3) is 0 Å². The molecule has 3 aliphatic heterocycles. The van der Waals surface area contributed by atoms with Crippen LogP contribution < -0.4 is 0 Å². The minimum absolute atomic E-state index is 0.00599. The van der Waals surface area contributed by atoms with Crippen LogP contribution in [0.3, 0.4) is 0 Å². The zero-order valence-electron chi connectivity index (χ0n) is 24.6. The Morgan fingerprint density at radius 2 is 1.81 bits per heavy atom. The number of esters is 1. The average Bonchev–Trinajstić information content (AvgIpc) is 3.01. The van der Waals surface area contributed by atoms with Crippen molar-refractivity contribution in [1.29, 1.82) is 0 Å². The molecule has 0 radical (unpaired) electrons. The highest BCUT2D eigenvalue weighted by atomic mass is 35.5. The Hall–Kier alpha value is -2.91. The average molecular weight is 630 g/mol. The second kappa shape index (κ2) is 13.8. The first-order valence-electron chi connectivity index (χ1n) is 14.8. The third-order valence-electron chi connectivity index (χ3n) is 8.76. The molecule has 2 aromatic carbocycles. The van der Waals surface area contributed by atoms with Gasteiger partial charge >= 0.3 is 5.97 Å². The molecule has 230 valence electrons. The monoisotopic (exact) mass is 628 g/mol. The van der Waals surface area contributed by atoms with E-state index in [1.165, 1.54) is 7.11 Å². The van der Waals surface area contributed by atoms with E-state index in [2.05, 4.69) is 0 Å². The summed E-state index contributed by atoms with van der Waals surface area (Å²) in [6.07, 6.45) is 3.72. The Kier molecular flexibility index (Phi) is 10.1. The van der Waals surface area contributed by atoms with E-state index in [-0.39, 0.29) is 37.8 Å². The number of halogens is 2. The number of nitrogens with zero attached hydrogens (tertiary/aromatic N) is 2. The number of hydrogen-bond acceptors (Lipinski definition) is 6. The van der Waals surface area contributed by atoms with Crippen LogP contribution in [-0.2, 0) is 41.7 Å². The summed E-state index contributed by atoms with van der Waals surface area (Å²) in [6.45, 7) is 3.90. The fourth-order valence-corrected chi connectivity index (χ4v) is 6.95. The molecule has 4 atom stereocenters. The minimum atomic E-state index is -1.30. The molecule has 0 unspecified atom stereocenters. The maximum absolute atomic E-state index is 14.3. The van der Waals surface area contributed by atoms with E-state index in [4.69, 9.17) is 37.4 Å². The molecule has 3 aliphatic rings. The molecule has 0 saturated carbocycles. The lowest BCUT2D eigenvalue weighted by Gasteiger charge is -2.51. The highest BCUT2D eigenvalue weighted by molar-refractivity contribution is 6.35. The van der Waals surface area contributed by atoms with E-state index in [1.54, 1.807) is 29.2 Å². The van der Waals surface area contributed by atoms with Gasteiger partial charge in [0.1, 0.15) is 11.5 Å². The van der Waals surface area contributed by atoms with Crippen molar-refractivity contribution < 1.29 is 28.6 Å². The van der Waals surface area contributed by atoms with E-state index in [9.17, 15) is 14.4 Å². The smallest absolute Gasteiger partial charge is 0.320 e. The van der Waals surface area contributed by atoms with Crippen molar-refractivity contribution in [2.45, 2.75) is 64.4 Å². The molecule has 3 heterocycles. The third kappa shape index (κ3) is 6.78. The largest absolute Gasteiger partial charge is 0.468 e. The number of amides is 2. The lowest BCUT2D eigenvalue weighted by molar-refractivity contribution is -0.178. The molecule has 10 heteroatoms. The summed E-state index contributed by atoms with van der Waals surface area (Å²) in [5, 5.41) is 0.876. The highest BCUT2D eigenvalue weighted by Crippen LogP contribution is 2.51. The normalized spacial score (nSPS) is 25.6. The van der Waals surface area contributed by atoms with Crippen molar-refractivity contribution in [1.82, 2.24) is 9.80 Å². The molecule has 0 bridgehead atoms. The van der Waals surface area contributed by atoms with Crippen LogP contribution in [0.15, 0.2) is 60.3 Å². The number of carbonyl (C=O) groups is 3. The van der Waals surface area contributed by atoms with Gasteiger partial charge in [-0.1, -0.05) is 59.6 Å². The van der Waals surface area contributed by atoms with Gasteiger partial charge in [-0.25, -0.2) is 0 Å². The van der Waals surface area contributed by atoms with Crippen LogP contribution in [0.25, 0.3) is 0 Å². The number of carbonyl (C=O) groups excluding carboxylic acids is 3. The van der Waals surface area contributed by atoms with E-state index < -0.39 is 29.5 Å². The topological polar surface area (TPSA) is 85.4 Å². The summed E-state index contributed by atoms with van der Waals surface area (Å²) in [7, 11) is 1.33. The second-order valence-electron chi connectivity index (χ2n) is 11.5. The van der Waals surface area contributed by atoms with Crippen molar-refractivity contribution in [2.75, 3.05) is 26.8 Å². The number of hydrogen-bond donors (Lipinski definition) is 0. The summed E-state index contributed by atoms with van der Waals surface area (Å²) in [6, 6.07) is 14.9. The number of ether oxygens (including phenoxy) is 3. The van der Waals surface area contributed by atoms with Crippen LogP contribution in [0, 0.1) is 11.3 Å². The van der Waals surface area contributed by atoms with Gasteiger partial charge in [-0.2, -0.15) is 0 Å². The number of benzene rings is 2. The van der Waals surface area contributed by atoms with Gasteiger partial charge in [0.05, 0.1) is 33.0 Å². The van der Waals surface area contributed by atoms with Gasteiger partial charge in [-0.3, -0.25) is 14.4 Å². The van der Waals surface area contributed by atoms with Crippen LogP contribution >= 0.6 is 23.2 Å². The SMILES string of the molecule is COC(=O)[C@]12C[C@H](CC(=O)N3CCCCC3)C(=O)N(Cc3ccc(Cl)cc3Cl)C1=C[C@H](COCc1ccccc1)O[C@@H]2C. The van der Waals surface area contributed by atoms with Crippen LogP contribution in [-0.4, -0.2) is 66.6 Å². The first-order chi connectivity index (χ1) is 20.7. The quantitative estimate of drug-likeness (QED) is 0.327. The molecule has 0 N–H and O–H groups in total. The molecule has 0 aromatic heterocycles. The molecule has 2 fully saturated rings. The van der Waals surface area contributed by atoms with Gasteiger partial charge < -0.3 is 24.0 Å². The van der Waals surface area contributed by atoms with E-state index >= 15 is 0 Å². The fraction of sp³-hybridized carbons (Fsp3) is 0.485. The Labute approximate surface area is 262 Å². The van der Waals surface area contributed by atoms with Crippen LogP contribution in [0.4, 0.5) is 0 Å². The molecule has 2 saturated heterocycles. The molecule has 0 spiro atoms. The molecule has 8 nitrogen and oxygen atoms in total. The number of piperidine rings is 2. The van der Waals surface area contributed by atoms with Crippen molar-refractivity contribution in [3.8, 4) is 0 Å². The Bertz CT molecular complexity index is 1360. The van der Waals surface area contributed by atoms with Crippen molar-refractivity contribution >= 4 is 41.0 Å². The van der Waals surface area contributed by atoms with Gasteiger partial charge in [-0.05, 0) is 61.9 Å². The second-order valence-corrected chi connectivity index (χ2v) is 12.4. The molecule has 5 rings (SSSR count). The maximum Gasteiger partial charge on any atom is 0.320 e. The first kappa shape index (κ1) is 31.5. The molecular formula is C33H38Cl2N2O6. The Morgan fingerprint density at radius 1 is 1.07 bits per heavy atom. The van der Waals surface area contributed by atoms with Crippen molar-refractivity contribution in [3.05, 3.63) is 81.5 Å². The van der Waals surface area contributed by atoms with Crippen LogP contribution in [0.1, 0.15) is 50.2 Å². The summed E-state index contributed by atoms with van der Waals surface area (Å²) in [5.41, 5.74) is 0.878. The van der Waals surface area contributed by atoms with Gasteiger partial charge in [0, 0.05) is 41.2 Å². The Balaban J connectivity index is 1.49. The lowest BCUT2D eigenvalue weighted by atomic mass is 9.66. The summed E-state index contributed by atoms with van der Waals surface area (Å²) < 4.78 is 17.7. The number of methoxy groups -OCH3 is 1. The zero-order valence-corrected chi connectivity index (χ0v) is 26.1. The summed E-state index contributed by atoms with van der Waals surface area (Å²) in [4.78, 5) is 44.8. The molecular weight excluding hydrogens is 591 g/mol. The molecule has 43 heavy (non-hydrogen) atoms. The number of rotatable bonds is 9. The van der Waals surface area contributed by atoms with Crippen molar-refractivity contribution in [3.63, 3.8) is 0 Å². The standard InChI is InChI=1S/C33H38Cl2N2O6/c1-22-33(32(40)41-2)18-25(15-30(38)36-13-7-4-8-14-36)31(39)37(19-24-11-12-26(34)16-28(24)35)29(33)17-27(43-22)21-42-20-23-9-5-3-6-10-23/h3,5-6,9-12,16-17,22,25,27H,4,7-8,13-15,18-21H2,1-2H3/t22-,25+,27-,33+/m1/s1. The molecule has 2 aromatic rings. The number of likely N-dealkylation sites (tertiary alicyclic amines) is 2. The van der Waals surface area contributed by atoms with Gasteiger partial charge in [0.2, 0.25) is 11.8 Å². The molecule has 2 amide bonds. The highest BCUT2D eigenvalue weighted by Gasteiger charge is 2.59. The fourth-order valence-electron chi connectivity index (χ4n) is 6.48.